The fourth-order valence-electron chi connectivity index (χ4n) is 1.60. The lowest BCUT2D eigenvalue weighted by atomic mass is 10.1. The van der Waals surface area contributed by atoms with Crippen molar-refractivity contribution in [3.8, 4) is 0 Å². The zero-order valence-electron chi connectivity index (χ0n) is 9.92. The van der Waals surface area contributed by atoms with Gasteiger partial charge in [-0.05, 0) is 26.3 Å². The molecule has 0 amide bonds. The van der Waals surface area contributed by atoms with Gasteiger partial charge in [0, 0.05) is 12.5 Å². The Hall–Kier alpha value is -0.480. The first-order valence-electron chi connectivity index (χ1n) is 5.78. The Morgan fingerprint density at radius 3 is 2.60 bits per heavy atom. The van der Waals surface area contributed by atoms with E-state index in [2.05, 4.69) is 29.4 Å². The number of hydrogen-bond acceptors (Lipinski definition) is 4. The van der Waals surface area contributed by atoms with Crippen LogP contribution in [0.5, 0.6) is 0 Å². The highest BCUT2D eigenvalue weighted by Gasteiger charge is 2.10. The smallest absolute Gasteiger partial charge is 0.118 e. The van der Waals surface area contributed by atoms with Crippen LogP contribution in [0.1, 0.15) is 43.1 Å². The molecular formula is C11H21N3S. The maximum absolute atomic E-state index is 4.17. The van der Waals surface area contributed by atoms with Gasteiger partial charge in [-0.25, -0.2) is 0 Å². The Kier molecular flexibility index (Phi) is 5.79. The minimum Gasteiger partial charge on any atom is -0.314 e. The molecule has 0 saturated carbocycles. The van der Waals surface area contributed by atoms with E-state index in [1.54, 1.807) is 11.3 Å². The lowest BCUT2D eigenvalue weighted by Crippen LogP contribution is -2.31. The van der Waals surface area contributed by atoms with E-state index in [9.17, 15) is 0 Å². The lowest BCUT2D eigenvalue weighted by Gasteiger charge is -2.15. The molecule has 4 heteroatoms. The van der Waals surface area contributed by atoms with Crippen molar-refractivity contribution in [3.05, 3.63) is 10.0 Å². The molecule has 1 rings (SSSR count). The molecule has 1 N–H and O–H groups in total. The average molecular weight is 227 g/mol. The fourth-order valence-corrected chi connectivity index (χ4v) is 2.39. The van der Waals surface area contributed by atoms with Gasteiger partial charge in [-0.15, -0.1) is 21.5 Å². The van der Waals surface area contributed by atoms with Gasteiger partial charge in [0.25, 0.3) is 0 Å². The van der Waals surface area contributed by atoms with Crippen molar-refractivity contribution in [2.75, 3.05) is 6.54 Å². The number of aryl methyl sites for hydroxylation is 1. The number of hydrogen-bond donors (Lipinski definition) is 1. The highest BCUT2D eigenvalue weighted by Crippen LogP contribution is 2.12. The van der Waals surface area contributed by atoms with Crippen LogP contribution < -0.4 is 5.32 Å². The van der Waals surface area contributed by atoms with Crippen LogP contribution in [0.3, 0.4) is 0 Å². The van der Waals surface area contributed by atoms with E-state index < -0.39 is 0 Å². The highest BCUT2D eigenvalue weighted by molar-refractivity contribution is 7.11. The first-order valence-corrected chi connectivity index (χ1v) is 6.60. The van der Waals surface area contributed by atoms with Crippen LogP contribution >= 0.6 is 11.3 Å². The van der Waals surface area contributed by atoms with Crippen LogP contribution in [0.4, 0.5) is 0 Å². The normalized spacial score (nSPS) is 13.0. The summed E-state index contributed by atoms with van der Waals surface area (Å²) in [6.45, 7) is 7.54. The van der Waals surface area contributed by atoms with Crippen LogP contribution in [0.25, 0.3) is 0 Å². The molecular weight excluding hydrogens is 206 g/mol. The third-order valence-corrected chi connectivity index (χ3v) is 3.17. The molecule has 1 aromatic rings. The average Bonchev–Trinajstić information content (AvgIpc) is 2.61. The zero-order chi connectivity index (χ0) is 11.1. The first kappa shape index (κ1) is 12.6. The summed E-state index contributed by atoms with van der Waals surface area (Å²) >= 11 is 1.71. The minimum atomic E-state index is 0.572. The second kappa shape index (κ2) is 6.90. The molecule has 1 unspecified atom stereocenters. The van der Waals surface area contributed by atoms with Crippen molar-refractivity contribution in [3.63, 3.8) is 0 Å². The molecule has 0 aliphatic carbocycles. The maximum atomic E-state index is 4.17. The number of aromatic nitrogens is 2. The molecule has 3 nitrogen and oxygen atoms in total. The van der Waals surface area contributed by atoms with Crippen LogP contribution in [-0.4, -0.2) is 22.8 Å². The standard InChI is InChI=1S/C11H21N3S/c1-4-6-10(12-7-5-2)8-11-14-13-9(3)15-11/h10,12H,4-8H2,1-3H3. The van der Waals surface area contributed by atoms with Gasteiger partial charge in [0.15, 0.2) is 0 Å². The summed E-state index contributed by atoms with van der Waals surface area (Å²) < 4.78 is 0. The number of nitrogens with zero attached hydrogens (tertiary/aromatic N) is 2. The van der Waals surface area contributed by atoms with Crippen molar-refractivity contribution in [1.29, 1.82) is 0 Å². The molecule has 1 heterocycles. The molecule has 0 radical (unpaired) electrons. The summed E-state index contributed by atoms with van der Waals surface area (Å²) in [6.07, 6.45) is 4.66. The largest absolute Gasteiger partial charge is 0.314 e. The SMILES string of the molecule is CCCNC(CCC)Cc1nnc(C)s1. The predicted molar refractivity (Wildman–Crippen MR) is 65.3 cm³/mol. The summed E-state index contributed by atoms with van der Waals surface area (Å²) in [5, 5.41) is 14.0. The topological polar surface area (TPSA) is 37.8 Å². The Bertz CT molecular complexity index is 273. The van der Waals surface area contributed by atoms with Crippen LogP contribution in [0.15, 0.2) is 0 Å². The van der Waals surface area contributed by atoms with E-state index in [1.807, 2.05) is 6.92 Å². The minimum absolute atomic E-state index is 0.572. The maximum Gasteiger partial charge on any atom is 0.118 e. The molecule has 0 saturated heterocycles. The van der Waals surface area contributed by atoms with Gasteiger partial charge in [-0.3, -0.25) is 0 Å². The van der Waals surface area contributed by atoms with Gasteiger partial charge in [0.2, 0.25) is 0 Å². The van der Waals surface area contributed by atoms with Gasteiger partial charge in [-0.1, -0.05) is 20.3 Å². The van der Waals surface area contributed by atoms with Gasteiger partial charge >= 0.3 is 0 Å². The molecule has 86 valence electrons. The molecule has 0 aliphatic heterocycles. The van der Waals surface area contributed by atoms with E-state index in [0.717, 1.165) is 23.0 Å². The van der Waals surface area contributed by atoms with E-state index in [0.29, 0.717) is 6.04 Å². The van der Waals surface area contributed by atoms with E-state index in [4.69, 9.17) is 0 Å². The van der Waals surface area contributed by atoms with E-state index in [1.165, 1.54) is 19.3 Å². The van der Waals surface area contributed by atoms with Gasteiger partial charge in [0.05, 0.1) is 0 Å². The Morgan fingerprint density at radius 2 is 2.07 bits per heavy atom. The predicted octanol–water partition coefficient (Wildman–Crippen LogP) is 2.56. The van der Waals surface area contributed by atoms with Gasteiger partial charge in [0.1, 0.15) is 10.0 Å². The van der Waals surface area contributed by atoms with Crippen molar-refractivity contribution in [1.82, 2.24) is 15.5 Å². The van der Waals surface area contributed by atoms with Crippen molar-refractivity contribution in [2.24, 2.45) is 0 Å². The molecule has 1 atom stereocenters. The molecule has 0 bridgehead atoms. The quantitative estimate of drug-likeness (QED) is 0.778. The van der Waals surface area contributed by atoms with Crippen LogP contribution in [-0.2, 0) is 6.42 Å². The summed E-state index contributed by atoms with van der Waals surface area (Å²) in [7, 11) is 0. The number of rotatable bonds is 7. The molecule has 0 spiro atoms. The first-order chi connectivity index (χ1) is 7.26. The molecule has 15 heavy (non-hydrogen) atoms. The Labute approximate surface area is 96.3 Å². The molecule has 0 aromatic carbocycles. The lowest BCUT2D eigenvalue weighted by molar-refractivity contribution is 0.471. The summed E-state index contributed by atoms with van der Waals surface area (Å²) in [5.74, 6) is 0. The van der Waals surface area contributed by atoms with E-state index >= 15 is 0 Å². The number of nitrogens with one attached hydrogen (secondary N) is 1. The zero-order valence-corrected chi connectivity index (χ0v) is 10.7. The Morgan fingerprint density at radius 1 is 1.27 bits per heavy atom. The van der Waals surface area contributed by atoms with Crippen molar-refractivity contribution >= 4 is 11.3 Å². The van der Waals surface area contributed by atoms with Crippen molar-refractivity contribution in [2.45, 2.75) is 52.5 Å². The third-order valence-electron chi connectivity index (χ3n) is 2.31. The highest BCUT2D eigenvalue weighted by atomic mass is 32.1. The van der Waals surface area contributed by atoms with Gasteiger partial charge < -0.3 is 5.32 Å². The van der Waals surface area contributed by atoms with Crippen LogP contribution in [0.2, 0.25) is 0 Å². The third kappa shape index (κ3) is 4.71. The summed E-state index contributed by atoms with van der Waals surface area (Å²) in [4.78, 5) is 0. The second-order valence-electron chi connectivity index (χ2n) is 3.86. The molecule has 0 fully saturated rings. The second-order valence-corrected chi connectivity index (χ2v) is 5.12. The monoisotopic (exact) mass is 227 g/mol. The molecule has 1 aromatic heterocycles. The fraction of sp³-hybridized carbons (Fsp3) is 0.818. The summed E-state index contributed by atoms with van der Waals surface area (Å²) in [5.41, 5.74) is 0. The van der Waals surface area contributed by atoms with Crippen LogP contribution in [0, 0.1) is 6.92 Å². The molecule has 0 aliphatic rings. The Balaban J connectivity index is 2.42. The summed E-state index contributed by atoms with van der Waals surface area (Å²) in [6, 6.07) is 0.572. The van der Waals surface area contributed by atoms with E-state index in [-0.39, 0.29) is 0 Å². The van der Waals surface area contributed by atoms with Gasteiger partial charge in [-0.2, -0.15) is 0 Å². The van der Waals surface area contributed by atoms with Crippen molar-refractivity contribution < 1.29 is 0 Å².